The van der Waals surface area contributed by atoms with Gasteiger partial charge in [-0.1, -0.05) is 19.1 Å². The van der Waals surface area contributed by atoms with E-state index in [9.17, 15) is 9.18 Å². The quantitative estimate of drug-likeness (QED) is 0.853. The monoisotopic (exact) mass is 287 g/mol. The lowest BCUT2D eigenvalue weighted by Crippen LogP contribution is -2.15. The number of carbonyl (C=O) groups excluding carboxylic acids is 1. The Hall–Kier alpha value is -2.43. The molecule has 0 aliphatic rings. The molecule has 1 amide bonds. The molecule has 110 valence electrons. The number of rotatable bonds is 5. The smallest absolute Gasteiger partial charge is 0.249 e. The van der Waals surface area contributed by atoms with Crippen molar-refractivity contribution in [1.82, 2.24) is 9.78 Å². The maximum Gasteiger partial charge on any atom is 0.249 e. The maximum absolute atomic E-state index is 13.0. The highest BCUT2D eigenvalue weighted by atomic mass is 19.1. The van der Waals surface area contributed by atoms with Gasteiger partial charge in [-0.2, -0.15) is 5.10 Å². The zero-order valence-corrected chi connectivity index (χ0v) is 12.1. The highest BCUT2D eigenvalue weighted by Crippen LogP contribution is 2.16. The van der Waals surface area contributed by atoms with Gasteiger partial charge in [0.15, 0.2) is 0 Å². The maximum atomic E-state index is 13.0. The summed E-state index contributed by atoms with van der Waals surface area (Å²) in [5.74, 6) is 0.0509. The number of aromatic nitrogens is 2. The van der Waals surface area contributed by atoms with Gasteiger partial charge in [-0.15, -0.1) is 0 Å². The van der Waals surface area contributed by atoms with E-state index in [-0.39, 0.29) is 17.8 Å². The van der Waals surface area contributed by atoms with Gasteiger partial charge in [0.1, 0.15) is 11.6 Å². The van der Waals surface area contributed by atoms with E-state index in [4.69, 9.17) is 0 Å². The lowest BCUT2D eigenvalue weighted by Gasteiger charge is -2.13. The van der Waals surface area contributed by atoms with E-state index >= 15 is 0 Å². The number of benzene rings is 1. The minimum Gasteiger partial charge on any atom is -0.307 e. The molecule has 0 aliphatic carbocycles. The molecule has 1 atom stereocenters. The number of halogens is 1. The molecule has 1 N–H and O–H groups in total. The first-order valence-corrected chi connectivity index (χ1v) is 6.88. The number of carbonyl (C=O) groups is 1. The van der Waals surface area contributed by atoms with Gasteiger partial charge >= 0.3 is 0 Å². The Balaban J connectivity index is 2.04. The summed E-state index contributed by atoms with van der Waals surface area (Å²) >= 11 is 0. The van der Waals surface area contributed by atoms with Crippen molar-refractivity contribution in [2.24, 2.45) is 0 Å². The van der Waals surface area contributed by atoms with Gasteiger partial charge in [0.25, 0.3) is 0 Å². The predicted octanol–water partition coefficient (Wildman–Crippen LogP) is 3.65. The molecule has 0 spiro atoms. The van der Waals surface area contributed by atoms with Crippen LogP contribution in [-0.4, -0.2) is 15.7 Å². The van der Waals surface area contributed by atoms with Crippen LogP contribution in [-0.2, 0) is 4.79 Å². The predicted molar refractivity (Wildman–Crippen MR) is 81.3 cm³/mol. The van der Waals surface area contributed by atoms with Crippen molar-refractivity contribution in [3.63, 3.8) is 0 Å². The second kappa shape index (κ2) is 6.83. The molecule has 0 saturated carbocycles. The molecule has 2 aromatic rings. The van der Waals surface area contributed by atoms with Crippen LogP contribution in [0.15, 0.2) is 42.6 Å². The van der Waals surface area contributed by atoms with Crippen molar-refractivity contribution < 1.29 is 9.18 Å². The molecule has 5 heteroatoms. The number of hydrogen-bond acceptors (Lipinski definition) is 2. The second-order valence-electron chi connectivity index (χ2n) is 4.80. The summed E-state index contributed by atoms with van der Waals surface area (Å²) in [5.41, 5.74) is 0.639. The molecule has 0 aliphatic heterocycles. The molecular weight excluding hydrogens is 269 g/mol. The van der Waals surface area contributed by atoms with Crippen molar-refractivity contribution >= 4 is 17.8 Å². The third-order valence-electron chi connectivity index (χ3n) is 3.21. The summed E-state index contributed by atoms with van der Waals surface area (Å²) < 4.78 is 14.8. The van der Waals surface area contributed by atoms with Gasteiger partial charge in [-0.3, -0.25) is 4.79 Å². The molecular formula is C16H18FN3O. The van der Waals surface area contributed by atoms with E-state index in [1.165, 1.54) is 18.2 Å². The SMILES string of the molecule is CCC(C)n1nccc1NC(=O)/C=C/c1cccc(F)c1. The lowest BCUT2D eigenvalue weighted by molar-refractivity contribution is -0.111. The number of hydrogen-bond donors (Lipinski definition) is 1. The number of anilines is 1. The Labute approximate surface area is 123 Å². The Morgan fingerprint density at radius 2 is 2.29 bits per heavy atom. The van der Waals surface area contributed by atoms with Gasteiger partial charge in [-0.25, -0.2) is 9.07 Å². The normalized spacial score (nSPS) is 12.5. The summed E-state index contributed by atoms with van der Waals surface area (Å²) in [7, 11) is 0. The van der Waals surface area contributed by atoms with Crippen LogP contribution in [0.2, 0.25) is 0 Å². The van der Waals surface area contributed by atoms with Crippen molar-refractivity contribution in [3.8, 4) is 0 Å². The highest BCUT2D eigenvalue weighted by molar-refractivity contribution is 6.01. The van der Waals surface area contributed by atoms with Crippen LogP contribution in [0.4, 0.5) is 10.2 Å². The molecule has 2 rings (SSSR count). The van der Waals surface area contributed by atoms with Crippen molar-refractivity contribution in [2.75, 3.05) is 5.32 Å². The van der Waals surface area contributed by atoms with Gasteiger partial charge in [0, 0.05) is 12.1 Å². The first-order chi connectivity index (χ1) is 10.1. The van der Waals surface area contributed by atoms with Gasteiger partial charge in [0.2, 0.25) is 5.91 Å². The summed E-state index contributed by atoms with van der Waals surface area (Å²) in [6.45, 7) is 4.09. The second-order valence-corrected chi connectivity index (χ2v) is 4.80. The summed E-state index contributed by atoms with van der Waals surface area (Å²) in [4.78, 5) is 11.9. The molecule has 1 aromatic carbocycles. The molecule has 1 aromatic heterocycles. The van der Waals surface area contributed by atoms with E-state index < -0.39 is 0 Å². The van der Waals surface area contributed by atoms with Crippen LogP contribution in [0, 0.1) is 5.82 Å². The van der Waals surface area contributed by atoms with Crippen LogP contribution in [0.1, 0.15) is 31.9 Å². The third-order valence-corrected chi connectivity index (χ3v) is 3.21. The van der Waals surface area contributed by atoms with Crippen LogP contribution in [0.3, 0.4) is 0 Å². The summed E-state index contributed by atoms with van der Waals surface area (Å²) in [6.07, 6.45) is 5.52. The van der Waals surface area contributed by atoms with E-state index in [2.05, 4.69) is 17.3 Å². The molecule has 4 nitrogen and oxygen atoms in total. The molecule has 0 fully saturated rings. The van der Waals surface area contributed by atoms with Crippen molar-refractivity contribution in [1.29, 1.82) is 0 Å². The lowest BCUT2D eigenvalue weighted by atomic mass is 10.2. The van der Waals surface area contributed by atoms with Crippen LogP contribution >= 0.6 is 0 Å². The van der Waals surface area contributed by atoms with Crippen molar-refractivity contribution in [2.45, 2.75) is 26.3 Å². The Morgan fingerprint density at radius 1 is 1.48 bits per heavy atom. The van der Waals surface area contributed by atoms with Crippen LogP contribution in [0.5, 0.6) is 0 Å². The molecule has 21 heavy (non-hydrogen) atoms. The number of nitrogens with one attached hydrogen (secondary N) is 1. The fourth-order valence-electron chi connectivity index (χ4n) is 1.89. The van der Waals surface area contributed by atoms with Gasteiger partial charge in [0.05, 0.1) is 12.2 Å². The minimum absolute atomic E-state index is 0.211. The zero-order chi connectivity index (χ0) is 15.2. The Kier molecular flexibility index (Phi) is 4.87. The largest absolute Gasteiger partial charge is 0.307 e. The third kappa shape index (κ3) is 4.02. The van der Waals surface area contributed by atoms with E-state index in [0.29, 0.717) is 11.4 Å². The summed E-state index contributed by atoms with van der Waals surface area (Å²) in [5, 5.41) is 6.97. The molecule has 0 radical (unpaired) electrons. The fraction of sp³-hybridized carbons (Fsp3) is 0.250. The average molecular weight is 287 g/mol. The number of amides is 1. The van der Waals surface area contributed by atoms with Gasteiger partial charge < -0.3 is 5.32 Å². The molecule has 1 unspecified atom stereocenters. The molecule has 0 saturated heterocycles. The van der Waals surface area contributed by atoms with Crippen LogP contribution in [0.25, 0.3) is 6.08 Å². The van der Waals surface area contributed by atoms with Crippen LogP contribution < -0.4 is 5.32 Å². The zero-order valence-electron chi connectivity index (χ0n) is 12.1. The summed E-state index contributed by atoms with van der Waals surface area (Å²) in [6, 6.07) is 8.03. The molecule has 1 heterocycles. The Bertz CT molecular complexity index is 648. The van der Waals surface area contributed by atoms with E-state index in [1.54, 1.807) is 35.2 Å². The standard InChI is InChI=1S/C16H18FN3O/c1-3-12(2)20-15(9-10-18-20)19-16(21)8-7-13-5-4-6-14(17)11-13/h4-12H,3H2,1-2H3,(H,19,21)/b8-7+. The highest BCUT2D eigenvalue weighted by Gasteiger charge is 2.09. The first-order valence-electron chi connectivity index (χ1n) is 6.88. The van der Waals surface area contributed by atoms with E-state index in [0.717, 1.165) is 6.42 Å². The van der Waals surface area contributed by atoms with Crippen molar-refractivity contribution in [3.05, 3.63) is 54.0 Å². The molecule has 0 bridgehead atoms. The van der Waals surface area contributed by atoms with Gasteiger partial charge in [-0.05, 0) is 37.1 Å². The topological polar surface area (TPSA) is 46.9 Å². The average Bonchev–Trinajstić information content (AvgIpc) is 2.92. The first kappa shape index (κ1) is 15.0. The minimum atomic E-state index is -0.326. The Morgan fingerprint density at radius 3 is 3.00 bits per heavy atom. The number of nitrogens with zero attached hydrogens (tertiary/aromatic N) is 2. The fourth-order valence-corrected chi connectivity index (χ4v) is 1.89. The van der Waals surface area contributed by atoms with E-state index in [1.807, 2.05) is 6.92 Å².